The van der Waals surface area contributed by atoms with Crippen LogP contribution in [0.15, 0.2) is 97.1 Å². The first kappa shape index (κ1) is 45.4. The summed E-state index contributed by atoms with van der Waals surface area (Å²) in [5.74, 6) is 0. The number of hydrogen-bond donors (Lipinski definition) is 0. The molecule has 2 aromatic heterocycles. The molecule has 0 bridgehead atoms. The molecule has 0 aliphatic rings. The largest absolute Gasteiger partial charge is 0.340 e. The zero-order valence-corrected chi connectivity index (χ0v) is 42.5. The van der Waals surface area contributed by atoms with Gasteiger partial charge in [-0.1, -0.05) is 199 Å². The summed E-state index contributed by atoms with van der Waals surface area (Å²) in [5, 5.41) is 5.44. The molecule has 66 heavy (non-hydrogen) atoms. The lowest BCUT2D eigenvalue weighted by molar-refractivity contribution is 0.664. The van der Waals surface area contributed by atoms with E-state index in [0.717, 1.165) is 38.8 Å². The van der Waals surface area contributed by atoms with Gasteiger partial charge in [0.2, 0.25) is 13.4 Å². The monoisotopic (exact) mass is 865 g/mol. The Balaban J connectivity index is 1.34. The van der Waals surface area contributed by atoms with E-state index in [1.807, 2.05) is 0 Å². The molecular weight excluding hydrogens is 794 g/mol. The number of rotatable bonds is 12. The summed E-state index contributed by atoms with van der Waals surface area (Å²) in [4.78, 5) is 0. The second-order valence-electron chi connectivity index (χ2n) is 20.6. The molecule has 0 unspecified atom stereocenters. The third-order valence-corrected chi connectivity index (χ3v) is 15.1. The number of aryl methyl sites for hydroxylation is 14. The van der Waals surface area contributed by atoms with Gasteiger partial charge < -0.3 is 9.13 Å². The van der Waals surface area contributed by atoms with Gasteiger partial charge in [0.1, 0.15) is 0 Å². The maximum atomic E-state index is 2.65. The lowest BCUT2D eigenvalue weighted by Gasteiger charge is -2.25. The maximum absolute atomic E-state index is 2.65. The number of nitrogens with zero attached hydrogens (tertiary/aromatic N) is 2. The Labute approximate surface area is 396 Å². The summed E-state index contributed by atoms with van der Waals surface area (Å²) in [6, 6.07) is 39.2. The topological polar surface area (TPSA) is 9.86 Å². The van der Waals surface area contributed by atoms with E-state index in [0.29, 0.717) is 0 Å². The van der Waals surface area contributed by atoms with E-state index in [4.69, 9.17) is 0 Å². The first-order chi connectivity index (χ1) is 31.6. The van der Waals surface area contributed by atoms with E-state index in [1.54, 1.807) is 0 Å². The van der Waals surface area contributed by atoms with Crippen molar-refractivity contribution in [2.24, 2.45) is 0 Å². The van der Waals surface area contributed by atoms with Crippen LogP contribution in [0.25, 0.3) is 43.6 Å². The molecule has 0 atom stereocenters. The smallest absolute Gasteiger partial charge is 0.242 e. The van der Waals surface area contributed by atoms with Crippen molar-refractivity contribution in [3.63, 3.8) is 0 Å². The summed E-state index contributed by atoms with van der Waals surface area (Å²) in [5.41, 5.74) is 30.1. The zero-order valence-electron chi connectivity index (χ0n) is 42.5. The van der Waals surface area contributed by atoms with Crippen molar-refractivity contribution in [2.45, 2.75) is 136 Å². The average Bonchev–Trinajstić information content (AvgIpc) is 3.71. The van der Waals surface area contributed by atoms with Crippen LogP contribution in [0.4, 0.5) is 0 Å². The third-order valence-electron chi connectivity index (χ3n) is 15.1. The summed E-state index contributed by atoms with van der Waals surface area (Å²) >= 11 is 0. The van der Waals surface area contributed by atoms with Crippen LogP contribution < -0.4 is 32.8 Å². The number of fused-ring (bicyclic) bond motifs is 6. The highest BCUT2D eigenvalue weighted by molar-refractivity contribution is 6.97. The highest BCUT2D eigenvalue weighted by Gasteiger charge is 2.31. The molecule has 334 valence electrons. The van der Waals surface area contributed by atoms with Crippen LogP contribution in [0.1, 0.15) is 106 Å². The van der Waals surface area contributed by atoms with Crippen molar-refractivity contribution >= 4 is 89.8 Å². The fourth-order valence-corrected chi connectivity index (χ4v) is 12.7. The van der Waals surface area contributed by atoms with Gasteiger partial charge in [0.05, 0.1) is 0 Å². The van der Waals surface area contributed by atoms with E-state index >= 15 is 0 Å². The van der Waals surface area contributed by atoms with Gasteiger partial charge in [-0.2, -0.15) is 0 Å². The van der Waals surface area contributed by atoms with Crippen LogP contribution in [0, 0.1) is 83.1 Å². The van der Waals surface area contributed by atoms with Crippen LogP contribution >= 0.6 is 0 Å². The van der Waals surface area contributed by atoms with Gasteiger partial charge in [0.25, 0.3) is 0 Å². The Morgan fingerprint density at radius 3 is 0.833 bits per heavy atom. The molecule has 0 aliphatic heterocycles. The molecule has 7 aromatic carbocycles. The first-order valence-corrected chi connectivity index (χ1v) is 24.9. The highest BCUT2D eigenvalue weighted by atomic mass is 15.0. The Morgan fingerprint density at radius 1 is 0.318 bits per heavy atom. The minimum absolute atomic E-state index is 0.123. The van der Waals surface area contributed by atoms with E-state index in [9.17, 15) is 0 Å². The Hall–Kier alpha value is -5.73. The molecule has 0 N–H and O–H groups in total. The molecule has 0 saturated carbocycles. The average molecular weight is 865 g/mol. The molecule has 0 amide bonds. The quantitative estimate of drug-likeness (QED) is 0.108. The second-order valence-corrected chi connectivity index (χ2v) is 20.6. The predicted molar refractivity (Wildman–Crippen MR) is 294 cm³/mol. The molecule has 0 radical (unpaired) electrons. The SMILES string of the molecule is CCCCn1c2ccc(B(c3c(C)cc(C)cc3C)c3c(C)cc(C)cc3C)cc2c2cc3c(cc21)c1cc(B(c2c(C)cc(C)cc2C)c2c(C)cc(C)cc2C)ccc1n3CCCC. The Kier molecular flexibility index (Phi) is 12.3. The molecule has 2 heterocycles. The van der Waals surface area contributed by atoms with Crippen molar-refractivity contribution in [3.05, 3.63) is 164 Å². The minimum Gasteiger partial charge on any atom is -0.340 e. The van der Waals surface area contributed by atoms with Gasteiger partial charge >= 0.3 is 0 Å². The van der Waals surface area contributed by atoms with E-state index in [1.165, 1.54) is 143 Å². The van der Waals surface area contributed by atoms with Crippen LogP contribution in [-0.4, -0.2) is 22.6 Å². The number of benzene rings is 7. The van der Waals surface area contributed by atoms with E-state index in [2.05, 4.69) is 203 Å². The van der Waals surface area contributed by atoms with Crippen molar-refractivity contribution in [2.75, 3.05) is 0 Å². The lowest BCUT2D eigenvalue weighted by atomic mass is 9.34. The Bertz CT molecular complexity index is 2940. The third kappa shape index (κ3) is 7.83. The molecular formula is C62H70B2N2. The van der Waals surface area contributed by atoms with Crippen molar-refractivity contribution in [3.8, 4) is 0 Å². The van der Waals surface area contributed by atoms with Crippen molar-refractivity contribution in [1.29, 1.82) is 0 Å². The highest BCUT2D eigenvalue weighted by Crippen LogP contribution is 2.37. The molecule has 9 aromatic rings. The van der Waals surface area contributed by atoms with Crippen molar-refractivity contribution in [1.82, 2.24) is 9.13 Å². The predicted octanol–water partition coefficient (Wildman–Crippen LogP) is 12.2. The summed E-state index contributed by atoms with van der Waals surface area (Å²) < 4.78 is 5.30. The normalized spacial score (nSPS) is 11.8. The molecule has 0 spiro atoms. The molecule has 0 aliphatic carbocycles. The molecule has 0 fully saturated rings. The van der Waals surface area contributed by atoms with E-state index in [-0.39, 0.29) is 13.4 Å². The maximum Gasteiger partial charge on any atom is 0.242 e. The standard InChI is InChI=1S/C62H70B2N2/c1-15-17-23-65-55-21-19-49(63(59-41(7)25-37(3)26-42(59)8)60-43(9)27-38(4)28-44(60)10)33-51(55)53-36-58-54(35-57(53)65)52-34-50(20-22-56(52)66(58)24-18-16-2)64(61-45(11)29-39(5)30-46(61)12)62-47(13)31-40(6)32-48(62)14/h19-22,25-36H,15-18,23-24H2,1-14H3. The number of aromatic nitrogens is 2. The zero-order chi connectivity index (χ0) is 46.9. The van der Waals surface area contributed by atoms with Gasteiger partial charge in [0.15, 0.2) is 0 Å². The van der Waals surface area contributed by atoms with Crippen LogP contribution in [0.5, 0.6) is 0 Å². The van der Waals surface area contributed by atoms with Crippen LogP contribution in [-0.2, 0) is 13.1 Å². The number of unbranched alkanes of at least 4 members (excludes halogenated alkanes) is 2. The van der Waals surface area contributed by atoms with Gasteiger partial charge in [-0.25, -0.2) is 0 Å². The Morgan fingerprint density at radius 2 is 0.576 bits per heavy atom. The molecule has 9 rings (SSSR count). The van der Waals surface area contributed by atoms with Gasteiger partial charge in [0, 0.05) is 56.7 Å². The first-order valence-electron chi connectivity index (χ1n) is 24.9. The fourth-order valence-electron chi connectivity index (χ4n) is 12.7. The lowest BCUT2D eigenvalue weighted by Crippen LogP contribution is -2.55. The van der Waals surface area contributed by atoms with Gasteiger partial charge in [-0.15, -0.1) is 0 Å². The van der Waals surface area contributed by atoms with Crippen molar-refractivity contribution < 1.29 is 0 Å². The van der Waals surface area contributed by atoms with Gasteiger partial charge in [-0.05, 0) is 120 Å². The van der Waals surface area contributed by atoms with Gasteiger partial charge in [-0.3, -0.25) is 0 Å². The summed E-state index contributed by atoms with van der Waals surface area (Å²) in [6.45, 7) is 34.4. The minimum atomic E-state index is 0.123. The van der Waals surface area contributed by atoms with E-state index < -0.39 is 0 Å². The molecule has 4 heteroatoms. The summed E-state index contributed by atoms with van der Waals surface area (Å²) in [6.07, 6.45) is 4.58. The van der Waals surface area contributed by atoms with Crippen LogP contribution in [0.2, 0.25) is 0 Å². The van der Waals surface area contributed by atoms with Crippen LogP contribution in [0.3, 0.4) is 0 Å². The number of hydrogen-bond acceptors (Lipinski definition) is 0. The molecule has 2 nitrogen and oxygen atoms in total. The fraction of sp³-hybridized carbons (Fsp3) is 0.323. The molecule has 0 saturated heterocycles. The second kappa shape index (κ2) is 17.8. The summed E-state index contributed by atoms with van der Waals surface area (Å²) in [7, 11) is 0.